The summed E-state index contributed by atoms with van der Waals surface area (Å²) in [6.45, 7) is 0. The van der Waals surface area contributed by atoms with Gasteiger partial charge in [-0.1, -0.05) is 11.6 Å². The Kier molecular flexibility index (Phi) is 6.89. The third-order valence-corrected chi connectivity index (χ3v) is 8.11. The molecule has 0 aliphatic heterocycles. The molecule has 9 nitrogen and oxygen atoms in total. The molecule has 1 aromatic heterocycles. The number of carbonyl (C=O) groups is 1. The van der Waals surface area contributed by atoms with Crippen LogP contribution in [0.3, 0.4) is 0 Å². The number of aromatic nitrogens is 2. The van der Waals surface area contributed by atoms with Gasteiger partial charge in [-0.15, -0.1) is 0 Å². The molecule has 31 heavy (non-hydrogen) atoms. The quantitative estimate of drug-likeness (QED) is 0.690. The van der Waals surface area contributed by atoms with Crippen molar-refractivity contribution in [2.24, 2.45) is 0 Å². The largest absolute Gasteiger partial charge is 0.465 e. The van der Waals surface area contributed by atoms with Crippen molar-refractivity contribution in [2.45, 2.75) is 53.9 Å². The molecule has 166 valence electrons. The molecular formula is C20H23ClN4O5S. The number of rotatable bonds is 5. The maximum Gasteiger partial charge on any atom is 0.405 e. The number of nitriles is 1. The van der Waals surface area contributed by atoms with Crippen LogP contribution in [-0.2, 0) is 14.6 Å². The molecule has 4 rings (SSSR count). The van der Waals surface area contributed by atoms with Gasteiger partial charge >= 0.3 is 6.09 Å². The average molecular weight is 467 g/mol. The number of methoxy groups -OCH3 is 1. The number of benzene rings is 1. The molecule has 0 bridgehead atoms. The van der Waals surface area contributed by atoms with Gasteiger partial charge in [0.1, 0.15) is 5.54 Å². The fourth-order valence-corrected chi connectivity index (χ4v) is 5.81. The van der Waals surface area contributed by atoms with E-state index in [0.29, 0.717) is 25.7 Å². The first kappa shape index (κ1) is 23.1. The molecule has 0 spiro atoms. The van der Waals surface area contributed by atoms with E-state index in [2.05, 4.69) is 10.4 Å². The molecule has 0 radical (unpaired) electrons. The molecule has 2 aromatic rings. The maximum absolute atomic E-state index is 12.8. The van der Waals surface area contributed by atoms with Crippen molar-refractivity contribution in [1.82, 2.24) is 15.1 Å². The van der Waals surface area contributed by atoms with Crippen LogP contribution >= 0.6 is 11.6 Å². The minimum absolute atomic E-state index is 0.0156. The standard InChI is InChI=1S/C15H17ClN2O3S.C5H6N2O2/c1-21-12-4-5-13(10-12)22(19,20)15-6-3-11(9-14(15)16)18-8-2-7-17-18;6-3-5(1-2-5)7-4(8)9/h2-3,6-9,12-13H,4-5,10H2,1H3;7H,1-2H2,(H,8,9)/t12-,13-;/m1./s1. The highest BCUT2D eigenvalue weighted by Crippen LogP contribution is 2.35. The van der Waals surface area contributed by atoms with Crippen molar-refractivity contribution in [3.8, 4) is 11.8 Å². The van der Waals surface area contributed by atoms with Crippen molar-refractivity contribution < 1.29 is 23.1 Å². The Balaban J connectivity index is 0.000000254. The van der Waals surface area contributed by atoms with Crippen molar-refractivity contribution in [2.75, 3.05) is 7.11 Å². The first-order valence-corrected chi connectivity index (χ1v) is 11.6. The van der Waals surface area contributed by atoms with Crippen LogP contribution < -0.4 is 5.32 Å². The van der Waals surface area contributed by atoms with Gasteiger partial charge in [0.15, 0.2) is 9.84 Å². The van der Waals surface area contributed by atoms with Crippen LogP contribution in [-0.4, -0.2) is 53.4 Å². The Morgan fingerprint density at radius 1 is 1.42 bits per heavy atom. The van der Waals surface area contributed by atoms with Gasteiger partial charge in [0.05, 0.1) is 33.0 Å². The number of amides is 1. The minimum Gasteiger partial charge on any atom is -0.465 e. The molecule has 11 heteroatoms. The van der Waals surface area contributed by atoms with Crippen LogP contribution in [0, 0.1) is 11.3 Å². The highest BCUT2D eigenvalue weighted by molar-refractivity contribution is 7.92. The maximum atomic E-state index is 12.8. The fraction of sp³-hybridized carbons (Fsp3) is 0.450. The summed E-state index contributed by atoms with van der Waals surface area (Å²) in [5.74, 6) is 0. The highest BCUT2D eigenvalue weighted by atomic mass is 35.5. The molecule has 2 saturated carbocycles. The zero-order valence-corrected chi connectivity index (χ0v) is 18.4. The van der Waals surface area contributed by atoms with Gasteiger partial charge in [-0.05, 0) is 56.4 Å². The lowest BCUT2D eigenvalue weighted by atomic mass is 10.3. The summed E-state index contributed by atoms with van der Waals surface area (Å²) >= 11 is 6.23. The van der Waals surface area contributed by atoms with Crippen LogP contribution in [0.4, 0.5) is 4.79 Å². The molecule has 2 fully saturated rings. The van der Waals surface area contributed by atoms with Crippen molar-refractivity contribution in [3.05, 3.63) is 41.7 Å². The van der Waals surface area contributed by atoms with Crippen LogP contribution in [0.1, 0.15) is 32.1 Å². The smallest absolute Gasteiger partial charge is 0.405 e. The van der Waals surface area contributed by atoms with Gasteiger partial charge in [-0.2, -0.15) is 10.4 Å². The average Bonchev–Trinajstić information content (AvgIpc) is 3.16. The lowest BCUT2D eigenvalue weighted by Crippen LogP contribution is -2.33. The van der Waals surface area contributed by atoms with Gasteiger partial charge in [-0.3, -0.25) is 0 Å². The SMILES string of the molecule is CO[C@@H]1CC[C@@H](S(=O)(=O)c2ccc(-n3cccn3)cc2Cl)C1.N#CC1(NC(=O)O)CC1. The van der Waals surface area contributed by atoms with Crippen LogP contribution in [0.15, 0.2) is 41.6 Å². The highest BCUT2D eigenvalue weighted by Gasteiger charge is 2.44. The monoisotopic (exact) mass is 466 g/mol. The van der Waals surface area contributed by atoms with Crippen LogP contribution in [0.2, 0.25) is 5.02 Å². The second-order valence-electron chi connectivity index (χ2n) is 7.53. The Hall–Kier alpha value is -2.61. The van der Waals surface area contributed by atoms with Gasteiger partial charge in [0.2, 0.25) is 0 Å². The molecular weight excluding hydrogens is 444 g/mol. The van der Waals surface area contributed by atoms with E-state index < -0.39 is 26.7 Å². The normalized spacial score (nSPS) is 21.5. The third kappa shape index (κ3) is 5.36. The van der Waals surface area contributed by atoms with Gasteiger partial charge in [0.25, 0.3) is 0 Å². The summed E-state index contributed by atoms with van der Waals surface area (Å²) in [5.41, 5.74) is 0.00129. The molecule has 1 heterocycles. The van der Waals surface area contributed by atoms with E-state index in [4.69, 9.17) is 26.7 Å². The molecule has 1 aromatic carbocycles. The van der Waals surface area contributed by atoms with E-state index in [0.717, 1.165) is 12.1 Å². The van der Waals surface area contributed by atoms with Crippen molar-refractivity contribution in [1.29, 1.82) is 5.26 Å². The summed E-state index contributed by atoms with van der Waals surface area (Å²) in [6.07, 6.45) is 5.53. The number of carboxylic acid groups (broad SMARTS) is 1. The third-order valence-electron chi connectivity index (χ3n) is 5.41. The molecule has 0 unspecified atom stereocenters. The van der Waals surface area contributed by atoms with E-state index in [1.807, 2.05) is 6.07 Å². The number of halogens is 1. The lowest BCUT2D eigenvalue weighted by Gasteiger charge is -2.14. The Morgan fingerprint density at radius 2 is 2.16 bits per heavy atom. The summed E-state index contributed by atoms with van der Waals surface area (Å²) in [5, 5.41) is 22.5. The number of hydrogen-bond acceptors (Lipinski definition) is 6. The number of sulfone groups is 1. The van der Waals surface area contributed by atoms with E-state index in [-0.39, 0.29) is 16.0 Å². The molecule has 2 N–H and O–H groups in total. The second-order valence-corrected chi connectivity index (χ2v) is 10.1. The van der Waals surface area contributed by atoms with Crippen LogP contribution in [0.25, 0.3) is 5.69 Å². The number of hydrogen-bond donors (Lipinski definition) is 2. The summed E-state index contributed by atoms with van der Waals surface area (Å²) in [7, 11) is -1.82. The van der Waals surface area contributed by atoms with Gasteiger partial charge in [-0.25, -0.2) is 17.9 Å². The first-order chi connectivity index (χ1) is 14.7. The van der Waals surface area contributed by atoms with E-state index in [9.17, 15) is 13.2 Å². The van der Waals surface area contributed by atoms with E-state index >= 15 is 0 Å². The number of nitrogens with one attached hydrogen (secondary N) is 1. The number of ether oxygens (including phenoxy) is 1. The lowest BCUT2D eigenvalue weighted by molar-refractivity contribution is 0.109. The summed E-state index contributed by atoms with van der Waals surface area (Å²) in [4.78, 5) is 10.1. The number of nitrogens with zero attached hydrogens (tertiary/aromatic N) is 3. The van der Waals surface area contributed by atoms with Gasteiger partial charge in [0, 0.05) is 19.5 Å². The second kappa shape index (κ2) is 9.26. The molecule has 1 amide bonds. The molecule has 2 atom stereocenters. The topological polar surface area (TPSA) is 134 Å². The summed E-state index contributed by atoms with van der Waals surface area (Å²) in [6, 6.07) is 8.60. The Bertz CT molecular complexity index is 1080. The molecule has 2 aliphatic carbocycles. The summed E-state index contributed by atoms with van der Waals surface area (Å²) < 4.78 is 32.4. The van der Waals surface area contributed by atoms with Crippen molar-refractivity contribution in [3.63, 3.8) is 0 Å². The van der Waals surface area contributed by atoms with E-state index in [1.165, 1.54) is 0 Å². The zero-order valence-electron chi connectivity index (χ0n) is 16.9. The molecule has 0 saturated heterocycles. The minimum atomic E-state index is -3.44. The van der Waals surface area contributed by atoms with E-state index in [1.54, 1.807) is 48.5 Å². The first-order valence-electron chi connectivity index (χ1n) is 9.69. The fourth-order valence-electron chi connectivity index (χ4n) is 3.46. The van der Waals surface area contributed by atoms with Crippen molar-refractivity contribution >= 4 is 27.5 Å². The Morgan fingerprint density at radius 3 is 2.61 bits per heavy atom. The zero-order chi connectivity index (χ0) is 22.6. The predicted octanol–water partition coefficient (Wildman–Crippen LogP) is 3.18. The van der Waals surface area contributed by atoms with Crippen LogP contribution in [0.5, 0.6) is 0 Å². The van der Waals surface area contributed by atoms with Gasteiger partial charge < -0.3 is 15.2 Å². The molecule has 2 aliphatic rings. The predicted molar refractivity (Wildman–Crippen MR) is 113 cm³/mol. The Labute approximate surface area is 185 Å².